The predicted octanol–water partition coefficient (Wildman–Crippen LogP) is 4.41. The summed E-state index contributed by atoms with van der Waals surface area (Å²) in [4.78, 5) is 16.7. The Bertz CT molecular complexity index is 890. The van der Waals surface area contributed by atoms with Crippen molar-refractivity contribution in [2.45, 2.75) is 6.54 Å². The summed E-state index contributed by atoms with van der Waals surface area (Å²) in [5.41, 5.74) is 1.25. The second-order valence-corrected chi connectivity index (χ2v) is 5.85. The molecule has 6 heteroatoms. The molecular weight excluding hydrogens is 331 g/mol. The van der Waals surface area contributed by atoms with Crippen LogP contribution in [0, 0.1) is 0 Å². The van der Waals surface area contributed by atoms with Crippen LogP contribution in [0.3, 0.4) is 0 Å². The second kappa shape index (κ2) is 5.68. The zero-order valence-electron chi connectivity index (χ0n) is 10.7. The first kappa shape index (κ1) is 14.4. The highest BCUT2D eigenvalue weighted by molar-refractivity contribution is 6.35. The molecule has 2 aromatic carbocycles. The van der Waals surface area contributed by atoms with E-state index in [1.165, 1.54) is 10.9 Å². The Morgan fingerprint density at radius 1 is 1.00 bits per heavy atom. The van der Waals surface area contributed by atoms with Crippen molar-refractivity contribution in [2.75, 3.05) is 0 Å². The van der Waals surface area contributed by atoms with Gasteiger partial charge in [-0.15, -0.1) is 0 Å². The molecule has 21 heavy (non-hydrogen) atoms. The summed E-state index contributed by atoms with van der Waals surface area (Å²) < 4.78 is 1.49. The van der Waals surface area contributed by atoms with Gasteiger partial charge in [0.1, 0.15) is 0 Å². The Labute approximate surface area is 135 Å². The van der Waals surface area contributed by atoms with Crippen molar-refractivity contribution >= 4 is 45.7 Å². The topological polar surface area (TPSA) is 34.9 Å². The Hall–Kier alpha value is -1.55. The summed E-state index contributed by atoms with van der Waals surface area (Å²) >= 11 is 17.9. The van der Waals surface area contributed by atoms with Crippen LogP contribution in [0.15, 0.2) is 47.5 Å². The molecule has 0 bridgehead atoms. The summed E-state index contributed by atoms with van der Waals surface area (Å²) in [5, 5.41) is 2.05. The third-order valence-corrected chi connectivity index (χ3v) is 3.96. The molecule has 1 aromatic heterocycles. The van der Waals surface area contributed by atoms with Gasteiger partial charge in [0.05, 0.1) is 23.8 Å². The summed E-state index contributed by atoms with van der Waals surface area (Å²) in [6.07, 6.45) is 1.50. The van der Waals surface area contributed by atoms with Gasteiger partial charge in [-0.1, -0.05) is 40.9 Å². The summed E-state index contributed by atoms with van der Waals surface area (Å²) in [6, 6.07) is 10.2. The average Bonchev–Trinajstić information content (AvgIpc) is 2.45. The lowest BCUT2D eigenvalue weighted by Crippen LogP contribution is -2.21. The predicted molar refractivity (Wildman–Crippen MR) is 86.6 cm³/mol. The normalized spacial score (nSPS) is 11.0. The lowest BCUT2D eigenvalue weighted by molar-refractivity contribution is 0.748. The largest absolute Gasteiger partial charge is 0.294 e. The molecule has 0 unspecified atom stereocenters. The first-order valence-corrected chi connectivity index (χ1v) is 7.26. The standard InChI is InChI=1S/C15H9Cl3N2O/c16-10-3-4-14-12(5-10)15(21)20(8-19-14)7-9-1-2-11(17)6-13(9)18/h1-6,8H,7H2. The fourth-order valence-electron chi connectivity index (χ4n) is 2.08. The van der Waals surface area contributed by atoms with Crippen LogP contribution in [0.4, 0.5) is 0 Å². The van der Waals surface area contributed by atoms with E-state index >= 15 is 0 Å². The van der Waals surface area contributed by atoms with Crippen LogP contribution < -0.4 is 5.56 Å². The quantitative estimate of drug-likeness (QED) is 0.693. The van der Waals surface area contributed by atoms with E-state index in [2.05, 4.69) is 4.98 Å². The smallest absolute Gasteiger partial charge is 0.261 e. The van der Waals surface area contributed by atoms with E-state index in [9.17, 15) is 4.79 Å². The molecule has 3 nitrogen and oxygen atoms in total. The van der Waals surface area contributed by atoms with Crippen LogP contribution in [0.25, 0.3) is 10.9 Å². The summed E-state index contributed by atoms with van der Waals surface area (Å²) in [5.74, 6) is 0. The molecule has 1 heterocycles. The Morgan fingerprint density at radius 2 is 1.71 bits per heavy atom. The number of aromatic nitrogens is 2. The highest BCUT2D eigenvalue weighted by Gasteiger charge is 2.07. The molecule has 0 saturated heterocycles. The monoisotopic (exact) mass is 338 g/mol. The van der Waals surface area contributed by atoms with Crippen molar-refractivity contribution in [1.82, 2.24) is 9.55 Å². The molecule has 0 atom stereocenters. The van der Waals surface area contributed by atoms with E-state index < -0.39 is 0 Å². The highest BCUT2D eigenvalue weighted by atomic mass is 35.5. The van der Waals surface area contributed by atoms with Crippen molar-refractivity contribution < 1.29 is 0 Å². The van der Waals surface area contributed by atoms with Crippen LogP contribution in [0.5, 0.6) is 0 Å². The van der Waals surface area contributed by atoms with Gasteiger partial charge in [-0.25, -0.2) is 4.98 Å². The van der Waals surface area contributed by atoms with Crippen LogP contribution >= 0.6 is 34.8 Å². The van der Waals surface area contributed by atoms with Gasteiger partial charge in [0.15, 0.2) is 0 Å². The maximum Gasteiger partial charge on any atom is 0.261 e. The number of fused-ring (bicyclic) bond motifs is 1. The lowest BCUT2D eigenvalue weighted by atomic mass is 10.2. The third kappa shape index (κ3) is 2.91. The van der Waals surface area contributed by atoms with Gasteiger partial charge in [0.2, 0.25) is 0 Å². The maximum absolute atomic E-state index is 12.5. The molecular formula is C15H9Cl3N2O. The van der Waals surface area contributed by atoms with Crippen LogP contribution in [0.2, 0.25) is 15.1 Å². The fraction of sp³-hybridized carbons (Fsp3) is 0.0667. The Kier molecular flexibility index (Phi) is 3.89. The lowest BCUT2D eigenvalue weighted by Gasteiger charge is -2.08. The molecule has 0 aliphatic heterocycles. The maximum atomic E-state index is 12.5. The minimum Gasteiger partial charge on any atom is -0.294 e. The van der Waals surface area contributed by atoms with Crippen LogP contribution in [-0.4, -0.2) is 9.55 Å². The molecule has 0 N–H and O–H groups in total. The third-order valence-electron chi connectivity index (χ3n) is 3.14. The minimum atomic E-state index is -0.159. The summed E-state index contributed by atoms with van der Waals surface area (Å²) in [6.45, 7) is 0.324. The van der Waals surface area contributed by atoms with Crippen molar-refractivity contribution in [1.29, 1.82) is 0 Å². The SMILES string of the molecule is O=c1c2cc(Cl)ccc2ncn1Cc1ccc(Cl)cc1Cl. The Morgan fingerprint density at radius 3 is 2.48 bits per heavy atom. The van der Waals surface area contributed by atoms with Gasteiger partial charge < -0.3 is 0 Å². The first-order chi connectivity index (χ1) is 10.0. The van der Waals surface area contributed by atoms with E-state index in [-0.39, 0.29) is 5.56 Å². The molecule has 0 fully saturated rings. The molecule has 0 saturated carbocycles. The molecule has 3 rings (SSSR count). The van der Waals surface area contributed by atoms with Crippen molar-refractivity contribution in [3.05, 3.63) is 73.7 Å². The zero-order chi connectivity index (χ0) is 15.0. The molecule has 0 spiro atoms. The number of hydrogen-bond donors (Lipinski definition) is 0. The van der Waals surface area contributed by atoms with E-state index in [0.29, 0.717) is 32.5 Å². The van der Waals surface area contributed by atoms with Gasteiger partial charge in [-0.05, 0) is 35.9 Å². The summed E-state index contributed by atoms with van der Waals surface area (Å²) in [7, 11) is 0. The number of benzene rings is 2. The molecule has 0 radical (unpaired) electrons. The highest BCUT2D eigenvalue weighted by Crippen LogP contribution is 2.21. The van der Waals surface area contributed by atoms with Crippen molar-refractivity contribution in [3.8, 4) is 0 Å². The Balaban J connectivity index is 2.09. The second-order valence-electron chi connectivity index (χ2n) is 4.57. The van der Waals surface area contributed by atoms with Gasteiger partial charge in [0.25, 0.3) is 5.56 Å². The number of rotatable bonds is 2. The molecule has 106 valence electrons. The van der Waals surface area contributed by atoms with Crippen molar-refractivity contribution in [3.63, 3.8) is 0 Å². The van der Waals surface area contributed by atoms with Gasteiger partial charge in [-0.3, -0.25) is 9.36 Å². The van der Waals surface area contributed by atoms with Gasteiger partial charge in [-0.2, -0.15) is 0 Å². The van der Waals surface area contributed by atoms with Gasteiger partial charge >= 0.3 is 0 Å². The molecule has 0 aliphatic rings. The van der Waals surface area contributed by atoms with Crippen LogP contribution in [-0.2, 0) is 6.54 Å². The van der Waals surface area contributed by atoms with E-state index in [1.54, 1.807) is 36.4 Å². The molecule has 0 amide bonds. The van der Waals surface area contributed by atoms with E-state index in [1.807, 2.05) is 0 Å². The molecule has 0 aliphatic carbocycles. The minimum absolute atomic E-state index is 0.159. The number of nitrogens with zero attached hydrogens (tertiary/aromatic N) is 2. The number of hydrogen-bond acceptors (Lipinski definition) is 2. The van der Waals surface area contributed by atoms with Crippen molar-refractivity contribution in [2.24, 2.45) is 0 Å². The van der Waals surface area contributed by atoms with E-state index in [0.717, 1.165) is 5.56 Å². The number of halogens is 3. The molecule has 3 aromatic rings. The average molecular weight is 340 g/mol. The fourth-order valence-corrected chi connectivity index (χ4v) is 2.72. The first-order valence-electron chi connectivity index (χ1n) is 6.13. The van der Waals surface area contributed by atoms with E-state index in [4.69, 9.17) is 34.8 Å². The van der Waals surface area contributed by atoms with Crippen LogP contribution in [0.1, 0.15) is 5.56 Å². The van der Waals surface area contributed by atoms with Gasteiger partial charge in [0, 0.05) is 15.1 Å². The zero-order valence-corrected chi connectivity index (χ0v) is 13.0.